The molecule has 5 heteroatoms. The van der Waals surface area contributed by atoms with Crippen LogP contribution in [0.5, 0.6) is 0 Å². The van der Waals surface area contributed by atoms with Gasteiger partial charge in [0.05, 0.1) is 4.90 Å². The summed E-state index contributed by atoms with van der Waals surface area (Å²) in [6.45, 7) is 0.420. The summed E-state index contributed by atoms with van der Waals surface area (Å²) in [7, 11) is -4.07. The van der Waals surface area contributed by atoms with E-state index in [2.05, 4.69) is 0 Å². The molecule has 0 unspecified atom stereocenters. The SMILES string of the molecule is [NH]CCCCc1ccc(S(=O)(=O)O)cc1. The van der Waals surface area contributed by atoms with Crippen molar-refractivity contribution in [3.05, 3.63) is 29.8 Å². The molecule has 0 spiro atoms. The van der Waals surface area contributed by atoms with Gasteiger partial charge in [-0.25, -0.2) is 0 Å². The standard InChI is InChI=1S/C10H14NO3S/c11-8-2-1-3-9-4-6-10(7-5-9)15(12,13)14/h4-7,11H,1-3,8H2,(H,12,13,14). The van der Waals surface area contributed by atoms with Crippen LogP contribution in [0.3, 0.4) is 0 Å². The van der Waals surface area contributed by atoms with Crippen LogP contribution in [0.2, 0.25) is 0 Å². The summed E-state index contributed by atoms with van der Waals surface area (Å²) in [6, 6.07) is 6.16. The van der Waals surface area contributed by atoms with Crippen LogP contribution >= 0.6 is 0 Å². The summed E-state index contributed by atoms with van der Waals surface area (Å²) in [5.41, 5.74) is 8.00. The molecule has 4 nitrogen and oxygen atoms in total. The number of nitrogens with one attached hydrogen (secondary N) is 1. The van der Waals surface area contributed by atoms with Crippen LogP contribution in [-0.4, -0.2) is 19.5 Å². The lowest BCUT2D eigenvalue weighted by molar-refractivity contribution is 0.483. The Hall–Kier alpha value is -0.910. The van der Waals surface area contributed by atoms with Gasteiger partial charge in [-0.1, -0.05) is 12.1 Å². The summed E-state index contributed by atoms with van der Waals surface area (Å²) in [6.07, 6.45) is 2.61. The molecule has 83 valence electrons. The van der Waals surface area contributed by atoms with E-state index in [9.17, 15) is 8.42 Å². The Balaban J connectivity index is 2.65. The maximum absolute atomic E-state index is 10.7. The second-order valence-electron chi connectivity index (χ2n) is 3.33. The molecule has 0 aliphatic carbocycles. The van der Waals surface area contributed by atoms with Gasteiger partial charge >= 0.3 is 0 Å². The van der Waals surface area contributed by atoms with Crippen LogP contribution < -0.4 is 5.73 Å². The first-order chi connectivity index (χ1) is 7.04. The van der Waals surface area contributed by atoms with Crippen molar-refractivity contribution in [3.8, 4) is 0 Å². The van der Waals surface area contributed by atoms with E-state index >= 15 is 0 Å². The third-order valence-electron chi connectivity index (χ3n) is 2.11. The molecule has 0 atom stereocenters. The minimum atomic E-state index is -4.07. The normalized spacial score (nSPS) is 11.6. The molecule has 0 aliphatic rings. The number of hydrogen-bond acceptors (Lipinski definition) is 2. The lowest BCUT2D eigenvalue weighted by Crippen LogP contribution is -1.98. The Bertz CT molecular complexity index is 397. The molecule has 1 aromatic rings. The van der Waals surface area contributed by atoms with Crippen molar-refractivity contribution in [3.63, 3.8) is 0 Å². The lowest BCUT2D eigenvalue weighted by Gasteiger charge is -2.01. The zero-order chi connectivity index (χ0) is 11.3. The molecule has 0 heterocycles. The van der Waals surface area contributed by atoms with Gasteiger partial charge in [-0.15, -0.1) is 0 Å². The molecule has 0 aromatic heterocycles. The van der Waals surface area contributed by atoms with Gasteiger partial charge in [0.25, 0.3) is 10.1 Å². The third kappa shape index (κ3) is 3.99. The molecule has 1 rings (SSSR count). The number of benzene rings is 1. The van der Waals surface area contributed by atoms with Gasteiger partial charge in [0.15, 0.2) is 0 Å². The van der Waals surface area contributed by atoms with E-state index in [0.717, 1.165) is 24.8 Å². The largest absolute Gasteiger partial charge is 0.294 e. The Morgan fingerprint density at radius 1 is 1.13 bits per heavy atom. The fourth-order valence-corrected chi connectivity index (χ4v) is 1.76. The van der Waals surface area contributed by atoms with E-state index in [-0.39, 0.29) is 4.90 Å². The van der Waals surface area contributed by atoms with Crippen LogP contribution in [0.1, 0.15) is 18.4 Å². The fourth-order valence-electron chi connectivity index (χ4n) is 1.28. The van der Waals surface area contributed by atoms with Gasteiger partial charge in [0.2, 0.25) is 0 Å². The zero-order valence-electron chi connectivity index (χ0n) is 8.31. The van der Waals surface area contributed by atoms with Crippen molar-refractivity contribution in [2.75, 3.05) is 6.54 Å². The van der Waals surface area contributed by atoms with Crippen molar-refractivity contribution in [2.45, 2.75) is 24.2 Å². The average molecular weight is 228 g/mol. The van der Waals surface area contributed by atoms with Gasteiger partial charge in [-0.05, 0) is 37.0 Å². The van der Waals surface area contributed by atoms with E-state index in [1.807, 2.05) is 0 Å². The van der Waals surface area contributed by atoms with E-state index < -0.39 is 10.1 Å². The molecule has 0 saturated carbocycles. The highest BCUT2D eigenvalue weighted by Gasteiger charge is 2.07. The van der Waals surface area contributed by atoms with Gasteiger partial charge in [0.1, 0.15) is 0 Å². The van der Waals surface area contributed by atoms with Crippen LogP contribution in [0.4, 0.5) is 0 Å². The highest BCUT2D eigenvalue weighted by atomic mass is 32.2. The molecule has 0 aliphatic heterocycles. The maximum atomic E-state index is 10.7. The topological polar surface area (TPSA) is 78.2 Å². The second-order valence-corrected chi connectivity index (χ2v) is 4.75. The van der Waals surface area contributed by atoms with Crippen molar-refractivity contribution >= 4 is 10.1 Å². The zero-order valence-corrected chi connectivity index (χ0v) is 9.13. The Kier molecular flexibility index (Phi) is 4.26. The number of aryl methyl sites for hydroxylation is 1. The molecule has 15 heavy (non-hydrogen) atoms. The molecular formula is C10H14NO3S. The summed E-state index contributed by atoms with van der Waals surface area (Å²) in [5.74, 6) is 0. The van der Waals surface area contributed by atoms with Crippen LogP contribution in [0.25, 0.3) is 0 Å². The molecule has 1 aromatic carbocycles. The minimum Gasteiger partial charge on any atom is -0.282 e. The summed E-state index contributed by atoms with van der Waals surface area (Å²) < 4.78 is 30.2. The number of hydrogen-bond donors (Lipinski definition) is 1. The maximum Gasteiger partial charge on any atom is 0.294 e. The first-order valence-electron chi connectivity index (χ1n) is 4.75. The molecule has 0 fully saturated rings. The van der Waals surface area contributed by atoms with Gasteiger partial charge in [0, 0.05) is 6.54 Å². The third-order valence-corrected chi connectivity index (χ3v) is 2.98. The quantitative estimate of drug-likeness (QED) is 0.613. The van der Waals surface area contributed by atoms with E-state index in [1.165, 1.54) is 12.1 Å². The molecule has 2 N–H and O–H groups in total. The Morgan fingerprint density at radius 3 is 2.20 bits per heavy atom. The van der Waals surface area contributed by atoms with Crippen molar-refractivity contribution in [1.29, 1.82) is 0 Å². The number of rotatable bonds is 5. The monoisotopic (exact) mass is 228 g/mol. The molecular weight excluding hydrogens is 214 g/mol. The second kappa shape index (κ2) is 5.25. The van der Waals surface area contributed by atoms with Gasteiger partial charge < -0.3 is 0 Å². The lowest BCUT2D eigenvalue weighted by atomic mass is 10.1. The highest BCUT2D eigenvalue weighted by Crippen LogP contribution is 2.11. The Morgan fingerprint density at radius 2 is 1.73 bits per heavy atom. The molecule has 0 bridgehead atoms. The summed E-state index contributed by atoms with van der Waals surface area (Å²) in [5, 5.41) is 0. The van der Waals surface area contributed by atoms with Crippen LogP contribution in [0.15, 0.2) is 29.2 Å². The van der Waals surface area contributed by atoms with Crippen molar-refractivity contribution in [2.24, 2.45) is 0 Å². The predicted molar refractivity (Wildman–Crippen MR) is 57.2 cm³/mol. The van der Waals surface area contributed by atoms with Crippen molar-refractivity contribution < 1.29 is 13.0 Å². The predicted octanol–water partition coefficient (Wildman–Crippen LogP) is 1.54. The van der Waals surface area contributed by atoms with Crippen LogP contribution in [-0.2, 0) is 16.5 Å². The minimum absolute atomic E-state index is 0.0771. The van der Waals surface area contributed by atoms with Crippen molar-refractivity contribution in [1.82, 2.24) is 5.73 Å². The summed E-state index contributed by atoms with van der Waals surface area (Å²) >= 11 is 0. The average Bonchev–Trinajstić information content (AvgIpc) is 2.18. The van der Waals surface area contributed by atoms with E-state index in [4.69, 9.17) is 10.3 Å². The van der Waals surface area contributed by atoms with Gasteiger partial charge in [-0.2, -0.15) is 8.42 Å². The number of unbranched alkanes of at least 4 members (excludes halogenated alkanes) is 1. The summed E-state index contributed by atoms with van der Waals surface area (Å²) in [4.78, 5) is -0.0771. The first kappa shape index (κ1) is 12.2. The van der Waals surface area contributed by atoms with E-state index in [0.29, 0.717) is 6.54 Å². The van der Waals surface area contributed by atoms with Gasteiger partial charge in [-0.3, -0.25) is 10.3 Å². The fraction of sp³-hybridized carbons (Fsp3) is 0.400. The molecule has 0 amide bonds. The molecule has 0 saturated heterocycles. The smallest absolute Gasteiger partial charge is 0.282 e. The molecule has 1 radical (unpaired) electrons. The first-order valence-corrected chi connectivity index (χ1v) is 6.19. The Labute approximate surface area is 89.9 Å². The van der Waals surface area contributed by atoms with E-state index in [1.54, 1.807) is 12.1 Å². The highest BCUT2D eigenvalue weighted by molar-refractivity contribution is 7.85. The van der Waals surface area contributed by atoms with Crippen LogP contribution in [0, 0.1) is 0 Å².